The molecule has 0 radical (unpaired) electrons. The number of unbranched alkanes of at least 4 members (excludes halogenated alkanes) is 1. The van der Waals surface area contributed by atoms with E-state index in [-0.39, 0.29) is 5.54 Å². The highest BCUT2D eigenvalue weighted by Gasteiger charge is 2.39. The Bertz CT molecular complexity index is 1740. The average molecular weight is 755 g/mol. The van der Waals surface area contributed by atoms with Crippen LogP contribution in [0.4, 0.5) is 0 Å². The van der Waals surface area contributed by atoms with E-state index in [4.69, 9.17) is 0 Å². The molecule has 0 saturated heterocycles. The van der Waals surface area contributed by atoms with E-state index in [1.165, 1.54) is 0 Å². The lowest BCUT2D eigenvalue weighted by molar-refractivity contribution is 0.542. The molecule has 6 heteroatoms. The summed E-state index contributed by atoms with van der Waals surface area (Å²) in [7, 11) is -7.67. The fourth-order valence-electron chi connectivity index (χ4n) is 6.95. The standard InChI is InChI=1S/2C16H20OSi.C15H18OSi/c1-14(2)13-18(17,15-9-5-3-6-10-15)16-11-7-4-8-12-16;1-2-3-14-18(17,15-10-6-4-7-11-15)16-12-8-5-9-13-16;1-13(2)17(16,14-9-5-3-6-10-14)15-11-7-4-8-12-15/h3-12,14,17H,13H2,1-2H3;4-13,17H,2-3,14H2,1H3;3-13,16H,1-2H3. The Kier molecular flexibility index (Phi) is 16.0. The summed E-state index contributed by atoms with van der Waals surface area (Å²) in [5.41, 5.74) is 0.257. The summed E-state index contributed by atoms with van der Waals surface area (Å²) in [6.07, 6.45) is 2.20. The predicted octanol–water partition coefficient (Wildman–Crippen LogP) is 7.08. The lowest BCUT2D eigenvalue weighted by Gasteiger charge is -2.30. The van der Waals surface area contributed by atoms with Crippen LogP contribution in [-0.2, 0) is 0 Å². The van der Waals surface area contributed by atoms with E-state index >= 15 is 0 Å². The van der Waals surface area contributed by atoms with Gasteiger partial charge in [-0.3, -0.25) is 0 Å². The minimum absolute atomic E-state index is 0.257. The van der Waals surface area contributed by atoms with Crippen molar-refractivity contribution in [2.24, 2.45) is 5.92 Å². The Morgan fingerprint density at radius 2 is 0.660 bits per heavy atom. The van der Waals surface area contributed by atoms with Gasteiger partial charge in [-0.15, -0.1) is 0 Å². The number of benzene rings is 6. The minimum Gasteiger partial charge on any atom is -0.424 e. The molecule has 3 nitrogen and oxygen atoms in total. The molecular formula is C47H58O3Si3. The molecule has 53 heavy (non-hydrogen) atoms. The maximum Gasteiger partial charge on any atom is 0.255 e. The van der Waals surface area contributed by atoms with Crippen molar-refractivity contribution < 1.29 is 14.4 Å². The van der Waals surface area contributed by atoms with Crippen LogP contribution in [0.3, 0.4) is 0 Å². The molecule has 0 aliphatic carbocycles. The molecule has 0 fully saturated rings. The molecular weight excluding hydrogens is 697 g/mol. The highest BCUT2D eigenvalue weighted by molar-refractivity contribution is 6.98. The van der Waals surface area contributed by atoms with Crippen LogP contribution in [-0.4, -0.2) is 39.3 Å². The van der Waals surface area contributed by atoms with Crippen LogP contribution in [0, 0.1) is 5.92 Å². The van der Waals surface area contributed by atoms with Gasteiger partial charge >= 0.3 is 0 Å². The second kappa shape index (κ2) is 20.3. The van der Waals surface area contributed by atoms with Crippen molar-refractivity contribution in [3.05, 3.63) is 182 Å². The van der Waals surface area contributed by atoms with E-state index in [9.17, 15) is 14.4 Å². The molecule has 0 spiro atoms. The molecule has 0 heterocycles. The highest BCUT2D eigenvalue weighted by Crippen LogP contribution is 2.18. The van der Waals surface area contributed by atoms with Crippen molar-refractivity contribution in [2.75, 3.05) is 0 Å². The predicted molar refractivity (Wildman–Crippen MR) is 235 cm³/mol. The lowest BCUT2D eigenvalue weighted by Crippen LogP contribution is -2.60. The molecule has 0 amide bonds. The molecule has 0 unspecified atom stereocenters. The fourth-order valence-corrected chi connectivity index (χ4v) is 16.8. The Labute approximate surface area is 322 Å². The molecule has 0 aliphatic rings. The van der Waals surface area contributed by atoms with Gasteiger partial charge in [0.25, 0.3) is 25.0 Å². The Morgan fingerprint density at radius 3 is 0.906 bits per heavy atom. The van der Waals surface area contributed by atoms with Crippen molar-refractivity contribution in [2.45, 2.75) is 65.1 Å². The molecule has 0 saturated carbocycles. The van der Waals surface area contributed by atoms with Gasteiger partial charge in [-0.1, -0.05) is 229 Å². The minimum atomic E-state index is -2.58. The van der Waals surface area contributed by atoms with E-state index in [1.54, 1.807) is 0 Å². The quantitative estimate of drug-likeness (QED) is 0.117. The summed E-state index contributed by atoms with van der Waals surface area (Å²) in [4.78, 5) is 33.7. The lowest BCUT2D eigenvalue weighted by atomic mass is 10.3. The number of hydrogen-bond donors (Lipinski definition) is 3. The van der Waals surface area contributed by atoms with Gasteiger partial charge in [0, 0.05) is 0 Å². The van der Waals surface area contributed by atoms with Gasteiger partial charge in [0.05, 0.1) is 0 Å². The first kappa shape index (κ1) is 41.6. The molecule has 0 aliphatic heterocycles. The summed E-state index contributed by atoms with van der Waals surface area (Å²) in [6.45, 7) is 10.7. The third-order valence-electron chi connectivity index (χ3n) is 9.86. The maximum absolute atomic E-state index is 11.3. The second-order valence-corrected chi connectivity index (χ2v) is 25.0. The van der Waals surface area contributed by atoms with Crippen LogP contribution in [0.15, 0.2) is 182 Å². The Morgan fingerprint density at radius 1 is 0.396 bits per heavy atom. The van der Waals surface area contributed by atoms with E-state index in [0.717, 1.165) is 56.1 Å². The average Bonchev–Trinajstić information content (AvgIpc) is 3.21. The smallest absolute Gasteiger partial charge is 0.255 e. The summed E-state index contributed by atoms with van der Waals surface area (Å²) in [5.74, 6) is 0.488. The van der Waals surface area contributed by atoms with Crippen molar-refractivity contribution in [3.63, 3.8) is 0 Å². The van der Waals surface area contributed by atoms with Crippen LogP contribution in [0.1, 0.15) is 47.5 Å². The largest absolute Gasteiger partial charge is 0.424 e. The van der Waals surface area contributed by atoms with E-state index < -0.39 is 25.0 Å². The Hall–Kier alpha value is -4.15. The zero-order valence-corrected chi connectivity index (χ0v) is 35.1. The maximum atomic E-state index is 11.3. The SMILES string of the molecule is CC(C)C[Si](O)(c1ccccc1)c1ccccc1.CC(C)[Si](O)(c1ccccc1)c1ccccc1.CCCC[Si](O)(c1ccccc1)c1ccccc1. The van der Waals surface area contributed by atoms with E-state index in [2.05, 4.69) is 83.1 Å². The molecule has 6 aromatic rings. The topological polar surface area (TPSA) is 60.7 Å². The first-order valence-corrected chi connectivity index (χ1v) is 25.4. The highest BCUT2D eigenvalue weighted by atomic mass is 28.4. The van der Waals surface area contributed by atoms with Crippen molar-refractivity contribution in [3.8, 4) is 0 Å². The van der Waals surface area contributed by atoms with Crippen LogP contribution in [0.5, 0.6) is 0 Å². The van der Waals surface area contributed by atoms with Gasteiger partial charge in [0.2, 0.25) is 0 Å². The molecule has 0 bridgehead atoms. The van der Waals surface area contributed by atoms with E-state index in [1.807, 2.05) is 133 Å². The molecule has 276 valence electrons. The summed E-state index contributed by atoms with van der Waals surface area (Å²) < 4.78 is 0. The van der Waals surface area contributed by atoms with Gasteiger partial charge in [-0.05, 0) is 54.7 Å². The first-order chi connectivity index (χ1) is 25.6. The van der Waals surface area contributed by atoms with Gasteiger partial charge in [-0.25, -0.2) is 0 Å². The second-order valence-electron chi connectivity index (χ2n) is 14.5. The first-order valence-electron chi connectivity index (χ1n) is 19.1. The molecule has 3 N–H and O–H groups in total. The fraction of sp³-hybridized carbons (Fsp3) is 0.234. The third-order valence-corrected chi connectivity index (χ3v) is 21.6. The molecule has 0 aromatic heterocycles. The zero-order valence-electron chi connectivity index (χ0n) is 32.1. The van der Waals surface area contributed by atoms with Gasteiger partial charge < -0.3 is 14.4 Å². The van der Waals surface area contributed by atoms with Crippen molar-refractivity contribution in [1.29, 1.82) is 0 Å². The zero-order chi connectivity index (χ0) is 38.2. The van der Waals surface area contributed by atoms with Crippen LogP contribution < -0.4 is 31.1 Å². The summed E-state index contributed by atoms with van der Waals surface area (Å²) >= 11 is 0. The molecule has 6 rings (SSSR count). The summed E-state index contributed by atoms with van der Waals surface area (Å²) in [6, 6.07) is 62.5. The normalized spacial score (nSPS) is 11.7. The Balaban J connectivity index is 0.000000178. The van der Waals surface area contributed by atoms with Gasteiger partial charge in [0.1, 0.15) is 0 Å². The molecule has 6 aromatic carbocycles. The van der Waals surface area contributed by atoms with Gasteiger partial charge in [-0.2, -0.15) is 0 Å². The number of hydrogen-bond acceptors (Lipinski definition) is 3. The van der Waals surface area contributed by atoms with Gasteiger partial charge in [0.15, 0.2) is 0 Å². The van der Waals surface area contributed by atoms with E-state index in [0.29, 0.717) is 5.92 Å². The van der Waals surface area contributed by atoms with Crippen LogP contribution in [0.25, 0.3) is 0 Å². The molecule has 0 atom stereocenters. The van der Waals surface area contributed by atoms with Crippen molar-refractivity contribution >= 4 is 56.1 Å². The van der Waals surface area contributed by atoms with Crippen molar-refractivity contribution in [1.82, 2.24) is 0 Å². The summed E-state index contributed by atoms with van der Waals surface area (Å²) in [5, 5.41) is 6.60. The third kappa shape index (κ3) is 10.9. The van der Waals surface area contributed by atoms with Crippen LogP contribution >= 0.6 is 0 Å². The monoisotopic (exact) mass is 754 g/mol. The number of rotatable bonds is 12. The van der Waals surface area contributed by atoms with Crippen LogP contribution in [0.2, 0.25) is 17.6 Å².